The summed E-state index contributed by atoms with van der Waals surface area (Å²) in [5.74, 6) is 0.0142. The summed E-state index contributed by atoms with van der Waals surface area (Å²) in [5, 5.41) is 0.575. The van der Waals surface area contributed by atoms with E-state index < -0.39 is 0 Å². The van der Waals surface area contributed by atoms with Gasteiger partial charge in [0.1, 0.15) is 0 Å². The van der Waals surface area contributed by atoms with E-state index in [4.69, 9.17) is 11.6 Å². The average Bonchev–Trinajstić information content (AvgIpc) is 2.55. The summed E-state index contributed by atoms with van der Waals surface area (Å²) in [6, 6.07) is 23.8. The molecule has 108 valence electrons. The van der Waals surface area contributed by atoms with Gasteiger partial charge in [-0.1, -0.05) is 72.3 Å². The van der Waals surface area contributed by atoms with Crippen LogP contribution in [-0.2, 0) is 0 Å². The molecule has 0 unspecified atom stereocenters. The van der Waals surface area contributed by atoms with Gasteiger partial charge >= 0.3 is 0 Å². The first-order valence-electron chi connectivity index (χ1n) is 7.12. The van der Waals surface area contributed by atoms with Gasteiger partial charge in [0.2, 0.25) is 0 Å². The topological polar surface area (TPSA) is 17.1 Å². The molecule has 0 heterocycles. The van der Waals surface area contributed by atoms with E-state index in [2.05, 4.69) is 18.2 Å². The van der Waals surface area contributed by atoms with Gasteiger partial charge in [-0.3, -0.25) is 4.79 Å². The quantitative estimate of drug-likeness (QED) is 0.552. The predicted octanol–water partition coefficient (Wildman–Crippen LogP) is 5.88. The molecule has 0 amide bonds. The monoisotopic (exact) mass is 306 g/mol. The standard InChI is InChI=1S/C20H15ClO/c1-14(22)20-13-16(21)11-12-19(20)18-10-6-5-9-17(18)15-7-3-2-4-8-15/h2-13H,1H3. The van der Waals surface area contributed by atoms with Crippen molar-refractivity contribution in [3.8, 4) is 22.3 Å². The molecule has 0 fully saturated rings. The molecule has 0 aromatic heterocycles. The number of hydrogen-bond acceptors (Lipinski definition) is 1. The summed E-state index contributed by atoms with van der Waals surface area (Å²) >= 11 is 6.05. The lowest BCUT2D eigenvalue weighted by Crippen LogP contribution is -1.97. The van der Waals surface area contributed by atoms with Crippen LogP contribution in [0.15, 0.2) is 72.8 Å². The lowest BCUT2D eigenvalue weighted by molar-refractivity contribution is 0.101. The molecular weight excluding hydrogens is 292 g/mol. The van der Waals surface area contributed by atoms with E-state index in [-0.39, 0.29) is 5.78 Å². The van der Waals surface area contributed by atoms with Crippen molar-refractivity contribution in [1.29, 1.82) is 0 Å². The first-order chi connectivity index (χ1) is 10.7. The van der Waals surface area contributed by atoms with E-state index in [1.165, 1.54) is 0 Å². The van der Waals surface area contributed by atoms with Crippen molar-refractivity contribution in [1.82, 2.24) is 0 Å². The van der Waals surface area contributed by atoms with E-state index in [1.807, 2.05) is 48.5 Å². The Labute approximate surface area is 135 Å². The van der Waals surface area contributed by atoms with Crippen molar-refractivity contribution in [2.45, 2.75) is 6.92 Å². The molecule has 0 saturated heterocycles. The molecule has 0 aliphatic rings. The molecule has 0 radical (unpaired) electrons. The number of ketones is 1. The maximum absolute atomic E-state index is 12.0. The molecule has 1 nitrogen and oxygen atoms in total. The van der Waals surface area contributed by atoms with Crippen LogP contribution in [0.3, 0.4) is 0 Å². The molecule has 0 saturated carbocycles. The Morgan fingerprint density at radius 1 is 0.773 bits per heavy atom. The molecule has 22 heavy (non-hydrogen) atoms. The minimum absolute atomic E-state index is 0.0142. The normalized spacial score (nSPS) is 10.5. The van der Waals surface area contributed by atoms with Crippen LogP contribution in [0.1, 0.15) is 17.3 Å². The largest absolute Gasteiger partial charge is 0.294 e. The number of benzene rings is 3. The molecule has 0 aliphatic heterocycles. The molecule has 3 aromatic rings. The molecule has 3 rings (SSSR count). The van der Waals surface area contributed by atoms with Crippen LogP contribution in [0.2, 0.25) is 5.02 Å². The Morgan fingerprint density at radius 3 is 2.09 bits per heavy atom. The second-order valence-corrected chi connectivity index (χ2v) is 5.59. The van der Waals surface area contributed by atoms with Crippen molar-refractivity contribution in [3.63, 3.8) is 0 Å². The molecule has 3 aromatic carbocycles. The van der Waals surface area contributed by atoms with Crippen LogP contribution in [0.5, 0.6) is 0 Å². The Bertz CT molecular complexity index is 822. The highest BCUT2D eigenvalue weighted by Gasteiger charge is 2.13. The van der Waals surface area contributed by atoms with Gasteiger partial charge < -0.3 is 0 Å². The molecule has 0 N–H and O–H groups in total. The Kier molecular flexibility index (Phi) is 4.08. The summed E-state index contributed by atoms with van der Waals surface area (Å²) in [7, 11) is 0. The number of Topliss-reactive ketones (excluding diaryl/α,β-unsaturated/α-hetero) is 1. The highest BCUT2D eigenvalue weighted by Crippen LogP contribution is 2.35. The first-order valence-corrected chi connectivity index (χ1v) is 7.50. The molecule has 0 aliphatic carbocycles. The minimum atomic E-state index is 0.0142. The van der Waals surface area contributed by atoms with E-state index in [9.17, 15) is 4.79 Å². The lowest BCUT2D eigenvalue weighted by atomic mass is 9.91. The van der Waals surface area contributed by atoms with Crippen LogP contribution in [-0.4, -0.2) is 5.78 Å². The molecule has 0 atom stereocenters. The third-order valence-corrected chi connectivity index (χ3v) is 3.90. The molecule has 0 spiro atoms. The second kappa shape index (κ2) is 6.17. The van der Waals surface area contributed by atoms with Crippen molar-refractivity contribution in [3.05, 3.63) is 83.4 Å². The molecule has 0 bridgehead atoms. The van der Waals surface area contributed by atoms with Gasteiger partial charge in [-0.15, -0.1) is 0 Å². The lowest BCUT2D eigenvalue weighted by Gasteiger charge is -2.13. The summed E-state index contributed by atoms with van der Waals surface area (Å²) in [6.45, 7) is 1.57. The van der Waals surface area contributed by atoms with Crippen LogP contribution in [0, 0.1) is 0 Å². The maximum atomic E-state index is 12.0. The number of rotatable bonds is 3. The zero-order valence-corrected chi connectivity index (χ0v) is 13.0. The Hall–Kier alpha value is -2.38. The number of carbonyl (C=O) groups is 1. The van der Waals surface area contributed by atoms with Crippen molar-refractivity contribution in [2.75, 3.05) is 0 Å². The summed E-state index contributed by atoms with van der Waals surface area (Å²) in [5.41, 5.74) is 4.83. The second-order valence-electron chi connectivity index (χ2n) is 5.16. The van der Waals surface area contributed by atoms with E-state index in [1.54, 1.807) is 13.0 Å². The SMILES string of the molecule is CC(=O)c1cc(Cl)ccc1-c1ccccc1-c1ccccc1. The van der Waals surface area contributed by atoms with E-state index in [0.717, 1.165) is 22.3 Å². The third-order valence-electron chi connectivity index (χ3n) is 3.66. The fourth-order valence-corrected chi connectivity index (χ4v) is 2.80. The number of carbonyl (C=O) groups excluding carboxylic acids is 1. The third kappa shape index (κ3) is 2.81. The predicted molar refractivity (Wildman–Crippen MR) is 92.3 cm³/mol. The van der Waals surface area contributed by atoms with Crippen molar-refractivity contribution in [2.24, 2.45) is 0 Å². The smallest absolute Gasteiger partial charge is 0.160 e. The minimum Gasteiger partial charge on any atom is -0.294 e. The fraction of sp³-hybridized carbons (Fsp3) is 0.0500. The maximum Gasteiger partial charge on any atom is 0.160 e. The van der Waals surface area contributed by atoms with Gasteiger partial charge in [0.25, 0.3) is 0 Å². The molecular formula is C20H15ClO. The van der Waals surface area contributed by atoms with Crippen LogP contribution < -0.4 is 0 Å². The van der Waals surface area contributed by atoms with Crippen LogP contribution in [0.4, 0.5) is 0 Å². The zero-order valence-electron chi connectivity index (χ0n) is 12.2. The first kappa shape index (κ1) is 14.6. The van der Waals surface area contributed by atoms with Crippen molar-refractivity contribution < 1.29 is 4.79 Å². The molecule has 2 heteroatoms. The van der Waals surface area contributed by atoms with Crippen molar-refractivity contribution >= 4 is 17.4 Å². The Balaban J connectivity index is 2.25. The average molecular weight is 307 g/mol. The fourth-order valence-electron chi connectivity index (χ4n) is 2.63. The van der Waals surface area contributed by atoms with Gasteiger partial charge in [-0.05, 0) is 41.3 Å². The highest BCUT2D eigenvalue weighted by molar-refractivity contribution is 6.31. The zero-order chi connectivity index (χ0) is 15.5. The number of hydrogen-bond donors (Lipinski definition) is 0. The number of halogens is 1. The van der Waals surface area contributed by atoms with Gasteiger partial charge in [0, 0.05) is 10.6 Å². The van der Waals surface area contributed by atoms with Crippen LogP contribution in [0.25, 0.3) is 22.3 Å². The van der Waals surface area contributed by atoms with E-state index >= 15 is 0 Å². The van der Waals surface area contributed by atoms with Gasteiger partial charge in [0.15, 0.2) is 5.78 Å². The summed E-state index contributed by atoms with van der Waals surface area (Å²) < 4.78 is 0. The highest BCUT2D eigenvalue weighted by atomic mass is 35.5. The summed E-state index contributed by atoms with van der Waals surface area (Å²) in [6.07, 6.45) is 0. The van der Waals surface area contributed by atoms with E-state index in [0.29, 0.717) is 10.6 Å². The van der Waals surface area contributed by atoms with Gasteiger partial charge in [-0.2, -0.15) is 0 Å². The Morgan fingerprint density at radius 2 is 1.41 bits per heavy atom. The van der Waals surface area contributed by atoms with Crippen LogP contribution >= 0.6 is 11.6 Å². The van der Waals surface area contributed by atoms with Gasteiger partial charge in [-0.25, -0.2) is 0 Å². The van der Waals surface area contributed by atoms with Gasteiger partial charge in [0.05, 0.1) is 0 Å². The summed E-state index contributed by atoms with van der Waals surface area (Å²) in [4.78, 5) is 12.0.